The molecule has 0 bridgehead atoms. The molecule has 0 heterocycles. The van der Waals surface area contributed by atoms with Crippen LogP contribution in [0.25, 0.3) is 10.8 Å². The van der Waals surface area contributed by atoms with Crippen molar-refractivity contribution in [2.24, 2.45) is 0 Å². The number of benzene rings is 3. The molecule has 0 radical (unpaired) electrons. The highest BCUT2D eigenvalue weighted by Crippen LogP contribution is 2.22. The van der Waals surface area contributed by atoms with E-state index in [0.29, 0.717) is 13.0 Å². The minimum atomic E-state index is -3.99. The highest BCUT2D eigenvalue weighted by molar-refractivity contribution is 7.89. The van der Waals surface area contributed by atoms with Crippen LogP contribution in [0.4, 0.5) is 4.39 Å². The van der Waals surface area contributed by atoms with Crippen LogP contribution in [0.15, 0.2) is 71.6 Å². The lowest BCUT2D eigenvalue weighted by atomic mass is 10.1. The van der Waals surface area contributed by atoms with E-state index in [1.54, 1.807) is 25.1 Å². The Morgan fingerprint density at radius 3 is 2.34 bits per heavy atom. The molecule has 0 unspecified atom stereocenters. The van der Waals surface area contributed by atoms with Crippen molar-refractivity contribution in [1.82, 2.24) is 14.5 Å². The fourth-order valence-electron chi connectivity index (χ4n) is 3.66. The van der Waals surface area contributed by atoms with E-state index in [2.05, 4.69) is 5.32 Å². The maximum Gasteiger partial charge on any atom is 0.243 e. The molecule has 3 rings (SSSR count). The van der Waals surface area contributed by atoms with Gasteiger partial charge in [0.1, 0.15) is 11.9 Å². The number of nitrogens with one attached hydrogen (secondary N) is 1. The van der Waals surface area contributed by atoms with Gasteiger partial charge in [-0.3, -0.25) is 9.59 Å². The lowest BCUT2D eigenvalue weighted by Crippen LogP contribution is -2.50. The Morgan fingerprint density at radius 2 is 1.66 bits per heavy atom. The lowest BCUT2D eigenvalue weighted by Gasteiger charge is -2.30. The van der Waals surface area contributed by atoms with Crippen LogP contribution in [-0.4, -0.2) is 55.6 Å². The van der Waals surface area contributed by atoms with E-state index in [4.69, 9.17) is 0 Å². The Labute approximate surface area is 205 Å². The molecule has 1 atom stereocenters. The number of fused-ring (bicyclic) bond motifs is 1. The zero-order chi connectivity index (χ0) is 25.6. The number of carbonyl (C=O) groups excluding carboxylic acids is 2. The second-order valence-corrected chi connectivity index (χ2v) is 10.4. The molecule has 9 heteroatoms. The average molecular weight is 500 g/mol. The molecule has 0 aromatic heterocycles. The van der Waals surface area contributed by atoms with E-state index in [0.717, 1.165) is 15.1 Å². The smallest absolute Gasteiger partial charge is 0.243 e. The molecule has 0 saturated carbocycles. The summed E-state index contributed by atoms with van der Waals surface area (Å²) in [7, 11) is -2.68. The quantitative estimate of drug-likeness (QED) is 0.462. The second kappa shape index (κ2) is 11.4. The third kappa shape index (κ3) is 6.23. The van der Waals surface area contributed by atoms with E-state index < -0.39 is 40.2 Å². The molecule has 0 aliphatic heterocycles. The van der Waals surface area contributed by atoms with Crippen molar-refractivity contribution in [2.45, 2.75) is 37.8 Å². The summed E-state index contributed by atoms with van der Waals surface area (Å²) in [5, 5.41) is 4.39. The standard InChI is InChI=1S/C26H30FN3O4S/c1-4-15-28-26(32)19(2)30(17-22-11-7-8-12-24(22)27)25(31)18-29(3)35(33,34)23-14-13-20-9-5-6-10-21(20)16-23/h5-14,16,19H,4,15,17-18H2,1-3H3,(H,28,32)/t19-/m1/s1. The summed E-state index contributed by atoms with van der Waals surface area (Å²) in [6.45, 7) is 3.20. The van der Waals surface area contributed by atoms with Gasteiger partial charge in [0.2, 0.25) is 21.8 Å². The molecule has 2 amide bonds. The van der Waals surface area contributed by atoms with Gasteiger partial charge in [-0.25, -0.2) is 12.8 Å². The molecular formula is C26H30FN3O4S. The normalized spacial score (nSPS) is 12.5. The molecule has 3 aromatic rings. The highest BCUT2D eigenvalue weighted by Gasteiger charge is 2.30. The molecule has 35 heavy (non-hydrogen) atoms. The number of likely N-dealkylation sites (N-methyl/N-ethyl adjacent to an activating group) is 1. The van der Waals surface area contributed by atoms with Crippen molar-refractivity contribution >= 4 is 32.6 Å². The van der Waals surface area contributed by atoms with Gasteiger partial charge in [0.25, 0.3) is 0 Å². The van der Waals surface area contributed by atoms with Crippen molar-refractivity contribution in [3.05, 3.63) is 78.1 Å². The van der Waals surface area contributed by atoms with Crippen LogP contribution in [0.5, 0.6) is 0 Å². The number of amides is 2. The fraction of sp³-hybridized carbons (Fsp3) is 0.308. The third-order valence-corrected chi connectivity index (χ3v) is 7.60. The lowest BCUT2D eigenvalue weighted by molar-refractivity contribution is -0.140. The first kappa shape index (κ1) is 26.3. The van der Waals surface area contributed by atoms with Crippen LogP contribution in [0.1, 0.15) is 25.8 Å². The zero-order valence-corrected chi connectivity index (χ0v) is 20.9. The number of halogens is 1. The minimum absolute atomic E-state index is 0.0564. The molecule has 0 aliphatic rings. The summed E-state index contributed by atoms with van der Waals surface area (Å²) in [5.74, 6) is -1.51. The Morgan fingerprint density at radius 1 is 1.00 bits per heavy atom. The number of sulfonamides is 1. The summed E-state index contributed by atoms with van der Waals surface area (Å²) in [5.41, 5.74) is 0.232. The Hall–Kier alpha value is -3.30. The first-order chi connectivity index (χ1) is 16.6. The number of rotatable bonds is 10. The van der Waals surface area contributed by atoms with Crippen LogP contribution in [0, 0.1) is 5.82 Å². The Bertz CT molecular complexity index is 1310. The average Bonchev–Trinajstić information content (AvgIpc) is 2.85. The van der Waals surface area contributed by atoms with E-state index in [1.165, 1.54) is 36.2 Å². The summed E-state index contributed by atoms with van der Waals surface area (Å²) >= 11 is 0. The first-order valence-electron chi connectivity index (χ1n) is 11.4. The first-order valence-corrected chi connectivity index (χ1v) is 12.8. The van der Waals surface area contributed by atoms with Crippen LogP contribution < -0.4 is 5.32 Å². The maximum absolute atomic E-state index is 14.3. The number of hydrogen-bond donors (Lipinski definition) is 1. The van der Waals surface area contributed by atoms with E-state index in [-0.39, 0.29) is 17.0 Å². The van der Waals surface area contributed by atoms with Gasteiger partial charge in [0, 0.05) is 25.7 Å². The molecular weight excluding hydrogens is 469 g/mol. The van der Waals surface area contributed by atoms with E-state index in [1.807, 2.05) is 31.2 Å². The molecule has 0 aliphatic carbocycles. The molecule has 0 saturated heterocycles. The summed E-state index contributed by atoms with van der Waals surface area (Å²) in [6, 6.07) is 17.2. The Balaban J connectivity index is 1.85. The predicted molar refractivity (Wildman–Crippen MR) is 133 cm³/mol. The Kier molecular flexibility index (Phi) is 8.58. The van der Waals surface area contributed by atoms with Crippen LogP contribution >= 0.6 is 0 Å². The number of hydrogen-bond acceptors (Lipinski definition) is 4. The van der Waals surface area contributed by atoms with Gasteiger partial charge in [-0.05, 0) is 42.3 Å². The largest absolute Gasteiger partial charge is 0.354 e. The summed E-state index contributed by atoms with van der Waals surface area (Å²) < 4.78 is 41.7. The van der Waals surface area contributed by atoms with Gasteiger partial charge in [0.05, 0.1) is 11.4 Å². The minimum Gasteiger partial charge on any atom is -0.354 e. The highest BCUT2D eigenvalue weighted by atomic mass is 32.2. The van der Waals surface area contributed by atoms with Gasteiger partial charge in [-0.15, -0.1) is 0 Å². The van der Waals surface area contributed by atoms with Crippen molar-refractivity contribution in [1.29, 1.82) is 0 Å². The number of carbonyl (C=O) groups is 2. The molecule has 0 spiro atoms. The van der Waals surface area contributed by atoms with Crippen molar-refractivity contribution in [3.63, 3.8) is 0 Å². The molecule has 7 nitrogen and oxygen atoms in total. The second-order valence-electron chi connectivity index (χ2n) is 8.35. The SMILES string of the molecule is CCCNC(=O)[C@@H](C)N(Cc1ccccc1F)C(=O)CN(C)S(=O)(=O)c1ccc2ccccc2c1. The van der Waals surface area contributed by atoms with Crippen molar-refractivity contribution in [2.75, 3.05) is 20.1 Å². The topological polar surface area (TPSA) is 86.8 Å². The van der Waals surface area contributed by atoms with Crippen LogP contribution in [0.3, 0.4) is 0 Å². The summed E-state index contributed by atoms with van der Waals surface area (Å²) in [6.07, 6.45) is 0.715. The van der Waals surface area contributed by atoms with E-state index in [9.17, 15) is 22.4 Å². The number of nitrogens with zero attached hydrogens (tertiary/aromatic N) is 2. The van der Waals surface area contributed by atoms with Gasteiger partial charge in [-0.1, -0.05) is 55.5 Å². The molecule has 0 fully saturated rings. The molecule has 186 valence electrons. The fourth-order valence-corrected chi connectivity index (χ4v) is 4.82. The predicted octanol–water partition coefficient (Wildman–Crippen LogP) is 3.54. The van der Waals surface area contributed by atoms with Crippen molar-refractivity contribution in [3.8, 4) is 0 Å². The summed E-state index contributed by atoms with van der Waals surface area (Å²) in [4.78, 5) is 27.2. The van der Waals surface area contributed by atoms with E-state index >= 15 is 0 Å². The monoisotopic (exact) mass is 499 g/mol. The maximum atomic E-state index is 14.3. The molecule has 1 N–H and O–H groups in total. The third-order valence-electron chi connectivity index (χ3n) is 5.80. The van der Waals surface area contributed by atoms with Gasteiger partial charge >= 0.3 is 0 Å². The zero-order valence-electron chi connectivity index (χ0n) is 20.1. The van der Waals surface area contributed by atoms with Gasteiger partial charge in [0.15, 0.2) is 0 Å². The van der Waals surface area contributed by atoms with Gasteiger partial charge in [-0.2, -0.15) is 4.31 Å². The van der Waals surface area contributed by atoms with Gasteiger partial charge < -0.3 is 10.2 Å². The van der Waals surface area contributed by atoms with Crippen LogP contribution in [-0.2, 0) is 26.2 Å². The van der Waals surface area contributed by atoms with Crippen LogP contribution in [0.2, 0.25) is 0 Å². The molecule has 3 aromatic carbocycles. The van der Waals surface area contributed by atoms with Crippen molar-refractivity contribution < 1.29 is 22.4 Å².